The molecule has 0 unspecified atom stereocenters. The quantitative estimate of drug-likeness (QED) is 0.733. The number of para-hydroxylation sites is 1. The molecule has 1 aliphatic rings. The molecule has 7 nitrogen and oxygen atoms in total. The zero-order chi connectivity index (χ0) is 16.0. The van der Waals surface area contributed by atoms with E-state index in [1.54, 1.807) is 11.6 Å². The fourth-order valence-electron chi connectivity index (χ4n) is 3.09. The van der Waals surface area contributed by atoms with Crippen LogP contribution in [0.5, 0.6) is 0 Å². The van der Waals surface area contributed by atoms with Gasteiger partial charge in [0.1, 0.15) is 5.69 Å². The molecule has 1 aliphatic heterocycles. The SMILES string of the molecule is Cn1cnc(S(=O)(=O)N2CCC[C@@H]2c2noc3ccccc23)c1. The molecule has 23 heavy (non-hydrogen) atoms. The minimum absolute atomic E-state index is 0.0692. The Balaban J connectivity index is 1.77. The number of imidazole rings is 1. The van der Waals surface area contributed by atoms with Crippen LogP contribution in [0.4, 0.5) is 0 Å². The number of fused-ring (bicyclic) bond motifs is 1. The molecule has 0 bridgehead atoms. The van der Waals surface area contributed by atoms with Gasteiger partial charge in [-0.05, 0) is 25.0 Å². The zero-order valence-electron chi connectivity index (χ0n) is 12.6. The van der Waals surface area contributed by atoms with Crippen molar-refractivity contribution in [2.45, 2.75) is 23.9 Å². The second kappa shape index (κ2) is 5.17. The Morgan fingerprint density at radius 3 is 2.91 bits per heavy atom. The molecule has 0 amide bonds. The van der Waals surface area contributed by atoms with Gasteiger partial charge in [-0.25, -0.2) is 13.4 Å². The van der Waals surface area contributed by atoms with Crippen molar-refractivity contribution < 1.29 is 12.9 Å². The van der Waals surface area contributed by atoms with Gasteiger partial charge in [0.05, 0.1) is 12.4 Å². The Morgan fingerprint density at radius 2 is 2.13 bits per heavy atom. The normalized spacial score (nSPS) is 19.6. The van der Waals surface area contributed by atoms with Gasteiger partial charge in [-0.2, -0.15) is 4.31 Å². The van der Waals surface area contributed by atoms with E-state index in [1.165, 1.54) is 16.8 Å². The number of rotatable bonds is 3. The highest BCUT2D eigenvalue weighted by Crippen LogP contribution is 2.38. The molecule has 1 aromatic carbocycles. The molecule has 4 rings (SSSR count). The average molecular weight is 332 g/mol. The molecule has 3 heterocycles. The number of hydrogen-bond donors (Lipinski definition) is 0. The molecular formula is C15H16N4O3S. The van der Waals surface area contributed by atoms with E-state index in [1.807, 2.05) is 24.3 Å². The van der Waals surface area contributed by atoms with Crippen molar-refractivity contribution in [2.24, 2.45) is 7.05 Å². The highest BCUT2D eigenvalue weighted by Gasteiger charge is 2.39. The molecule has 1 atom stereocenters. The standard InChI is InChI=1S/C15H16N4O3S/c1-18-9-14(16-10-18)23(20,21)19-8-4-6-12(19)15-11-5-2-3-7-13(11)22-17-15/h2-3,5,7,9-10,12H,4,6,8H2,1H3/t12-/m1/s1. The summed E-state index contributed by atoms with van der Waals surface area (Å²) in [6.07, 6.45) is 4.52. The second-order valence-electron chi connectivity index (χ2n) is 5.72. The molecule has 2 aromatic heterocycles. The highest BCUT2D eigenvalue weighted by molar-refractivity contribution is 7.89. The lowest BCUT2D eigenvalue weighted by molar-refractivity contribution is 0.365. The van der Waals surface area contributed by atoms with Crippen LogP contribution < -0.4 is 0 Å². The van der Waals surface area contributed by atoms with E-state index in [-0.39, 0.29) is 11.1 Å². The van der Waals surface area contributed by atoms with Gasteiger partial charge in [0.15, 0.2) is 10.6 Å². The van der Waals surface area contributed by atoms with E-state index in [4.69, 9.17) is 4.52 Å². The van der Waals surface area contributed by atoms with Gasteiger partial charge in [-0.1, -0.05) is 17.3 Å². The van der Waals surface area contributed by atoms with Crippen LogP contribution in [0.2, 0.25) is 0 Å². The predicted molar refractivity (Wildman–Crippen MR) is 83.1 cm³/mol. The average Bonchev–Trinajstić information content (AvgIpc) is 3.25. The summed E-state index contributed by atoms with van der Waals surface area (Å²) in [6.45, 7) is 0.463. The van der Waals surface area contributed by atoms with Gasteiger partial charge in [0, 0.05) is 25.2 Å². The number of nitrogens with zero attached hydrogens (tertiary/aromatic N) is 4. The molecule has 0 spiro atoms. The lowest BCUT2D eigenvalue weighted by Crippen LogP contribution is -2.31. The van der Waals surface area contributed by atoms with Crippen LogP contribution in [-0.4, -0.2) is 34.0 Å². The molecule has 3 aromatic rings. The molecule has 0 radical (unpaired) electrons. The third-order valence-corrected chi connectivity index (χ3v) is 5.97. The summed E-state index contributed by atoms with van der Waals surface area (Å²) in [7, 11) is -1.89. The van der Waals surface area contributed by atoms with Crippen molar-refractivity contribution >= 4 is 21.0 Å². The molecule has 1 fully saturated rings. The van der Waals surface area contributed by atoms with Crippen LogP contribution in [0.15, 0.2) is 46.3 Å². The van der Waals surface area contributed by atoms with Crippen LogP contribution in [-0.2, 0) is 17.1 Å². The summed E-state index contributed by atoms with van der Waals surface area (Å²) in [5.41, 5.74) is 1.35. The monoisotopic (exact) mass is 332 g/mol. The van der Waals surface area contributed by atoms with E-state index in [0.29, 0.717) is 17.8 Å². The number of sulfonamides is 1. The Bertz CT molecular complexity index is 960. The lowest BCUT2D eigenvalue weighted by atomic mass is 10.1. The van der Waals surface area contributed by atoms with Crippen molar-refractivity contribution in [3.8, 4) is 0 Å². The van der Waals surface area contributed by atoms with E-state index in [9.17, 15) is 8.42 Å². The Labute approximate surface area is 133 Å². The smallest absolute Gasteiger partial charge is 0.262 e. The highest BCUT2D eigenvalue weighted by atomic mass is 32.2. The van der Waals surface area contributed by atoms with Crippen LogP contribution in [0, 0.1) is 0 Å². The van der Waals surface area contributed by atoms with E-state index < -0.39 is 10.0 Å². The third-order valence-electron chi connectivity index (χ3n) is 4.18. The van der Waals surface area contributed by atoms with E-state index in [2.05, 4.69) is 10.1 Å². The molecule has 8 heteroatoms. The largest absolute Gasteiger partial charge is 0.356 e. The Kier molecular flexibility index (Phi) is 3.24. The maximum absolute atomic E-state index is 12.9. The second-order valence-corrected chi connectivity index (χ2v) is 7.55. The van der Waals surface area contributed by atoms with Gasteiger partial charge in [-0.3, -0.25) is 0 Å². The van der Waals surface area contributed by atoms with Crippen LogP contribution >= 0.6 is 0 Å². The van der Waals surface area contributed by atoms with Gasteiger partial charge >= 0.3 is 0 Å². The van der Waals surface area contributed by atoms with Gasteiger partial charge < -0.3 is 9.09 Å². The molecular weight excluding hydrogens is 316 g/mol. The predicted octanol–water partition coefficient (Wildman–Crippen LogP) is 2.09. The minimum atomic E-state index is -3.64. The first kappa shape index (κ1) is 14.4. The van der Waals surface area contributed by atoms with Crippen LogP contribution in [0.3, 0.4) is 0 Å². The summed E-state index contributed by atoms with van der Waals surface area (Å²) < 4.78 is 34.2. The van der Waals surface area contributed by atoms with Gasteiger partial charge in [-0.15, -0.1) is 0 Å². The van der Waals surface area contributed by atoms with Gasteiger partial charge in [0.2, 0.25) is 0 Å². The lowest BCUT2D eigenvalue weighted by Gasteiger charge is -2.21. The summed E-state index contributed by atoms with van der Waals surface area (Å²) in [5, 5.41) is 5.06. The van der Waals surface area contributed by atoms with Crippen molar-refractivity contribution in [1.82, 2.24) is 19.0 Å². The maximum atomic E-state index is 12.9. The van der Waals surface area contributed by atoms with Crippen LogP contribution in [0.1, 0.15) is 24.6 Å². The third kappa shape index (κ3) is 2.25. The fraction of sp³-hybridized carbons (Fsp3) is 0.333. The molecule has 0 saturated carbocycles. The Morgan fingerprint density at radius 1 is 1.30 bits per heavy atom. The number of aryl methyl sites for hydroxylation is 1. The summed E-state index contributed by atoms with van der Waals surface area (Å²) >= 11 is 0. The van der Waals surface area contributed by atoms with E-state index in [0.717, 1.165) is 18.2 Å². The van der Waals surface area contributed by atoms with Gasteiger partial charge in [0.25, 0.3) is 10.0 Å². The summed E-state index contributed by atoms with van der Waals surface area (Å²) in [5.74, 6) is 0. The van der Waals surface area contributed by atoms with Crippen LogP contribution in [0.25, 0.3) is 11.0 Å². The van der Waals surface area contributed by atoms with E-state index >= 15 is 0 Å². The first-order valence-electron chi connectivity index (χ1n) is 7.41. The summed E-state index contributed by atoms with van der Waals surface area (Å²) in [4.78, 5) is 4.00. The first-order valence-corrected chi connectivity index (χ1v) is 8.85. The van der Waals surface area contributed by atoms with Crippen molar-refractivity contribution in [3.05, 3.63) is 42.5 Å². The topological polar surface area (TPSA) is 81.2 Å². The fourth-order valence-corrected chi connectivity index (χ4v) is 4.72. The summed E-state index contributed by atoms with van der Waals surface area (Å²) in [6, 6.07) is 7.19. The van der Waals surface area contributed by atoms with Crippen molar-refractivity contribution in [3.63, 3.8) is 0 Å². The maximum Gasteiger partial charge on any atom is 0.262 e. The number of benzene rings is 1. The molecule has 0 N–H and O–H groups in total. The van der Waals surface area contributed by atoms with Crippen molar-refractivity contribution in [1.29, 1.82) is 0 Å². The minimum Gasteiger partial charge on any atom is -0.356 e. The van der Waals surface area contributed by atoms with Crippen molar-refractivity contribution in [2.75, 3.05) is 6.54 Å². The molecule has 1 saturated heterocycles. The Hall–Kier alpha value is -2.19. The first-order chi connectivity index (χ1) is 11.1. The molecule has 0 aliphatic carbocycles. The number of aromatic nitrogens is 3. The molecule has 120 valence electrons. The number of hydrogen-bond acceptors (Lipinski definition) is 5. The zero-order valence-corrected chi connectivity index (χ0v) is 13.4.